The van der Waals surface area contributed by atoms with Crippen LogP contribution in [-0.2, 0) is 9.47 Å². The van der Waals surface area contributed by atoms with Crippen LogP contribution in [0.15, 0.2) is 55.0 Å². The first-order valence-corrected chi connectivity index (χ1v) is 21.4. The smallest absolute Gasteiger partial charge is 0.410 e. The molecule has 5 aromatic rings. The fraction of sp³-hybridized carbons (Fsp3) is 0.533. The zero-order valence-corrected chi connectivity index (χ0v) is 36.3. The van der Waals surface area contributed by atoms with Crippen LogP contribution in [0.3, 0.4) is 0 Å². The maximum Gasteiger partial charge on any atom is 0.410 e. The van der Waals surface area contributed by atoms with E-state index in [0.29, 0.717) is 11.6 Å². The van der Waals surface area contributed by atoms with E-state index in [4.69, 9.17) is 29.5 Å². The molecule has 2 bridgehead atoms. The van der Waals surface area contributed by atoms with Crippen LogP contribution < -0.4 is 16.0 Å². The van der Waals surface area contributed by atoms with Crippen molar-refractivity contribution in [2.24, 2.45) is 0 Å². The summed E-state index contributed by atoms with van der Waals surface area (Å²) in [7, 11) is 0. The van der Waals surface area contributed by atoms with Crippen LogP contribution in [0.4, 0.5) is 32.9 Å². The Labute approximate surface area is 352 Å². The van der Waals surface area contributed by atoms with Crippen LogP contribution in [0.25, 0.3) is 27.5 Å². The molecule has 0 aromatic carbocycles. The lowest BCUT2D eigenvalue weighted by atomic mass is 9.90. The van der Waals surface area contributed by atoms with Gasteiger partial charge in [-0.2, -0.15) is 0 Å². The van der Waals surface area contributed by atoms with E-state index in [-0.39, 0.29) is 48.4 Å². The second-order valence-corrected chi connectivity index (χ2v) is 18.7. The highest BCUT2D eigenvalue weighted by atomic mass is 16.6. The van der Waals surface area contributed by atoms with Gasteiger partial charge in [0.15, 0.2) is 5.82 Å². The monoisotopic (exact) mass is 817 g/mol. The molecule has 8 rings (SSSR count). The maximum atomic E-state index is 13.2. The first kappa shape index (κ1) is 41.0. The number of aromatic nitrogens is 6. The second kappa shape index (κ2) is 16.0. The van der Waals surface area contributed by atoms with Gasteiger partial charge < -0.3 is 35.2 Å². The quantitative estimate of drug-likeness (QED) is 0.136. The Morgan fingerprint density at radius 3 is 2.10 bits per heavy atom. The molecule has 2 amide bonds. The Morgan fingerprint density at radius 2 is 1.42 bits per heavy atom. The summed E-state index contributed by atoms with van der Waals surface area (Å²) in [6, 6.07) is 12.4. The highest BCUT2D eigenvalue weighted by molar-refractivity contribution is 5.94. The third-order valence-electron chi connectivity index (χ3n) is 11.7. The summed E-state index contributed by atoms with van der Waals surface area (Å²) in [5.41, 5.74) is 2.14. The predicted molar refractivity (Wildman–Crippen MR) is 234 cm³/mol. The van der Waals surface area contributed by atoms with Gasteiger partial charge in [0.25, 0.3) is 0 Å². The number of carbonyl (C=O) groups is 2. The Kier molecular flexibility index (Phi) is 11.0. The van der Waals surface area contributed by atoms with Gasteiger partial charge in [-0.1, -0.05) is 6.92 Å². The largest absolute Gasteiger partial charge is 0.444 e. The number of anilines is 4. The van der Waals surface area contributed by atoms with Gasteiger partial charge in [-0.25, -0.2) is 24.2 Å². The molecule has 15 nitrogen and oxygen atoms in total. The molecule has 0 aliphatic carbocycles. The second-order valence-electron chi connectivity index (χ2n) is 18.7. The number of ether oxygens (including phenoxy) is 2. The lowest BCUT2D eigenvalue weighted by Crippen LogP contribution is -2.54. The zero-order valence-electron chi connectivity index (χ0n) is 36.3. The molecule has 6 atom stereocenters. The van der Waals surface area contributed by atoms with Crippen molar-refractivity contribution in [2.45, 2.75) is 155 Å². The van der Waals surface area contributed by atoms with Crippen molar-refractivity contribution in [3.8, 4) is 5.69 Å². The summed E-state index contributed by atoms with van der Waals surface area (Å²) in [6.07, 6.45) is 10.9. The van der Waals surface area contributed by atoms with Gasteiger partial charge in [0.1, 0.15) is 39.9 Å². The number of pyridine rings is 4. The van der Waals surface area contributed by atoms with Gasteiger partial charge in [0, 0.05) is 77.2 Å². The van der Waals surface area contributed by atoms with Crippen molar-refractivity contribution in [3.05, 3.63) is 60.7 Å². The molecule has 318 valence electrons. The molecule has 3 saturated heterocycles. The molecule has 0 saturated carbocycles. The van der Waals surface area contributed by atoms with E-state index in [0.717, 1.165) is 89.8 Å². The van der Waals surface area contributed by atoms with Crippen LogP contribution in [0.1, 0.15) is 106 Å². The van der Waals surface area contributed by atoms with Crippen molar-refractivity contribution in [1.82, 2.24) is 39.5 Å². The normalized spacial score (nSPS) is 23.1. The summed E-state index contributed by atoms with van der Waals surface area (Å²) >= 11 is 0. The highest BCUT2D eigenvalue weighted by Gasteiger charge is 2.45. The lowest BCUT2D eigenvalue weighted by molar-refractivity contribution is -0.00475. The minimum absolute atomic E-state index is 0.0160. The number of hydrogen-bond acceptors (Lipinski definition) is 12. The summed E-state index contributed by atoms with van der Waals surface area (Å²) in [4.78, 5) is 49.7. The number of likely N-dealkylation sites (tertiary alicyclic amines) is 1. The molecule has 3 N–H and O–H groups in total. The van der Waals surface area contributed by atoms with Crippen molar-refractivity contribution in [1.29, 1.82) is 0 Å². The number of hydrogen-bond donors (Lipinski definition) is 3. The molecule has 60 heavy (non-hydrogen) atoms. The Bertz CT molecular complexity index is 2370. The maximum absolute atomic E-state index is 13.2. The molecule has 3 aliphatic heterocycles. The molecule has 15 heteroatoms. The van der Waals surface area contributed by atoms with Gasteiger partial charge in [0.2, 0.25) is 0 Å². The van der Waals surface area contributed by atoms with Gasteiger partial charge in [-0.3, -0.25) is 9.97 Å². The van der Waals surface area contributed by atoms with E-state index in [1.807, 2.05) is 106 Å². The van der Waals surface area contributed by atoms with Crippen LogP contribution in [0, 0.1) is 6.92 Å². The summed E-state index contributed by atoms with van der Waals surface area (Å²) in [6.45, 7) is 17.7. The minimum atomic E-state index is -0.558. The third-order valence-corrected chi connectivity index (χ3v) is 11.7. The predicted octanol–water partition coefficient (Wildman–Crippen LogP) is 9.13. The fourth-order valence-electron chi connectivity index (χ4n) is 9.33. The van der Waals surface area contributed by atoms with E-state index >= 15 is 0 Å². The Morgan fingerprint density at radius 1 is 0.783 bits per heavy atom. The molecule has 0 spiro atoms. The highest BCUT2D eigenvalue weighted by Crippen LogP contribution is 2.39. The molecule has 1 unspecified atom stereocenters. The van der Waals surface area contributed by atoms with Gasteiger partial charge in [0.05, 0.1) is 11.7 Å². The number of piperidine rings is 2. The SMILES string of the molecule is CC[C@H]1C[C@H](Nc2nc(Nc3cc(C)n(-c4cnc(NC5C[C@H]6CC[C@@H](C5)N6C(=O)OC(C)(C)C)c5cccnc45)n3)cc3ncccc23)C[C@@H](C)N1C(=O)OC(C)(C)C. The van der Waals surface area contributed by atoms with E-state index < -0.39 is 11.2 Å². The summed E-state index contributed by atoms with van der Waals surface area (Å²) in [5.74, 6) is 2.71. The molecule has 8 heterocycles. The van der Waals surface area contributed by atoms with E-state index in [1.54, 1.807) is 12.4 Å². The Balaban J connectivity index is 1.00. The van der Waals surface area contributed by atoms with Crippen molar-refractivity contribution < 1.29 is 19.1 Å². The number of amides is 2. The zero-order chi connectivity index (χ0) is 42.5. The van der Waals surface area contributed by atoms with Gasteiger partial charge >= 0.3 is 12.2 Å². The molecule has 5 aromatic heterocycles. The first-order chi connectivity index (χ1) is 28.5. The number of fused-ring (bicyclic) bond motifs is 4. The Hall–Kier alpha value is -5.73. The first-order valence-electron chi connectivity index (χ1n) is 21.4. The van der Waals surface area contributed by atoms with Crippen molar-refractivity contribution in [2.75, 3.05) is 16.0 Å². The van der Waals surface area contributed by atoms with Crippen LogP contribution >= 0.6 is 0 Å². The van der Waals surface area contributed by atoms with E-state index in [1.165, 1.54) is 0 Å². The minimum Gasteiger partial charge on any atom is -0.444 e. The summed E-state index contributed by atoms with van der Waals surface area (Å²) in [5, 5.41) is 17.7. The molecule has 0 radical (unpaired) electrons. The third kappa shape index (κ3) is 8.62. The van der Waals surface area contributed by atoms with Crippen molar-refractivity contribution >= 4 is 57.3 Å². The lowest BCUT2D eigenvalue weighted by Gasteiger charge is -2.44. The number of aryl methyl sites for hydroxylation is 1. The van der Waals surface area contributed by atoms with Gasteiger partial charge in [-0.15, -0.1) is 5.10 Å². The van der Waals surface area contributed by atoms with Gasteiger partial charge in [-0.05, 0) is 125 Å². The van der Waals surface area contributed by atoms with E-state index in [2.05, 4.69) is 34.8 Å². The number of carbonyl (C=O) groups excluding carboxylic acids is 2. The van der Waals surface area contributed by atoms with E-state index in [9.17, 15) is 9.59 Å². The summed E-state index contributed by atoms with van der Waals surface area (Å²) < 4.78 is 13.4. The van der Waals surface area contributed by atoms with Crippen LogP contribution in [0.2, 0.25) is 0 Å². The van der Waals surface area contributed by atoms with Crippen LogP contribution in [-0.4, -0.2) is 99.2 Å². The fourth-order valence-corrected chi connectivity index (χ4v) is 9.33. The molecule has 3 fully saturated rings. The molecular weight excluding hydrogens is 759 g/mol. The average Bonchev–Trinajstić information content (AvgIpc) is 3.67. The van der Waals surface area contributed by atoms with Crippen molar-refractivity contribution in [3.63, 3.8) is 0 Å². The topological polar surface area (TPSA) is 165 Å². The molecule has 3 aliphatic rings. The average molecular weight is 818 g/mol. The molecular formula is C45H59N11O4. The standard InChI is InChI=1S/C45H59N11O4/c1-10-30-21-28(19-26(2)54(30)42(57)59-44(4,5)6)50-41-33-13-11-17-46-35(33)24-37(52-41)51-38-20-27(3)56(53-38)36-25-48-40(34-14-12-18-47-39(34)36)49-29-22-31-15-16-32(23-29)55(31)43(58)60-45(7,8)9/h11-14,17-18,20,24-26,28-32H,10,15-16,19,21-23H2,1-9H3,(H,48,49)(H2,50,51,52,53)/t26-,28-,29?,30+,31-,32+/m1/s1. The van der Waals surface area contributed by atoms with Crippen LogP contribution in [0.5, 0.6) is 0 Å². The number of nitrogens with one attached hydrogen (secondary N) is 3. The number of nitrogens with zero attached hydrogens (tertiary/aromatic N) is 8. The number of rotatable bonds is 8.